The third kappa shape index (κ3) is 4.80. The molecule has 0 aliphatic rings. The summed E-state index contributed by atoms with van der Waals surface area (Å²) in [6.07, 6.45) is 0. The maximum atomic E-state index is 13.5. The van der Waals surface area contributed by atoms with Gasteiger partial charge in [0.2, 0.25) is 0 Å². The van der Waals surface area contributed by atoms with Crippen molar-refractivity contribution in [3.05, 3.63) is 28.5 Å². The minimum absolute atomic E-state index is 0.0317. The molecule has 0 atom stereocenters. The molecule has 19 heavy (non-hydrogen) atoms. The van der Waals surface area contributed by atoms with E-state index in [-0.39, 0.29) is 37.5 Å². The third-order valence-corrected chi connectivity index (χ3v) is 3.02. The maximum Gasteiger partial charge on any atom is 0.260 e. The molecule has 1 aromatic carbocycles. The first-order valence-electron chi connectivity index (χ1n) is 5.94. The molecule has 0 heterocycles. The van der Waals surface area contributed by atoms with Crippen molar-refractivity contribution in [2.45, 2.75) is 19.9 Å². The highest BCUT2D eigenvalue weighted by molar-refractivity contribution is 9.10. The number of nitrogens with zero attached hydrogens (tertiary/aromatic N) is 1. The summed E-state index contributed by atoms with van der Waals surface area (Å²) in [7, 11) is 0. The number of aliphatic hydroxyl groups is 1. The molecule has 0 aliphatic carbocycles. The van der Waals surface area contributed by atoms with Crippen LogP contribution in [0.5, 0.6) is 5.75 Å². The SMILES string of the molecule is CC(C)N(CCO)C(=O)COc1ccc(Br)cc1F. The van der Waals surface area contributed by atoms with Gasteiger partial charge in [0, 0.05) is 17.1 Å². The minimum Gasteiger partial charge on any atom is -0.481 e. The van der Waals surface area contributed by atoms with Crippen LogP contribution in [-0.2, 0) is 4.79 Å². The molecular weight excluding hydrogens is 317 g/mol. The summed E-state index contributed by atoms with van der Waals surface area (Å²) in [6.45, 7) is 3.55. The second-order valence-electron chi connectivity index (χ2n) is 4.27. The van der Waals surface area contributed by atoms with Gasteiger partial charge in [-0.1, -0.05) is 15.9 Å². The number of aliphatic hydroxyl groups excluding tert-OH is 1. The summed E-state index contributed by atoms with van der Waals surface area (Å²) in [5, 5.41) is 8.89. The Morgan fingerprint density at radius 1 is 1.53 bits per heavy atom. The molecule has 6 heteroatoms. The molecule has 1 amide bonds. The number of ether oxygens (including phenoxy) is 1. The van der Waals surface area contributed by atoms with E-state index in [0.717, 1.165) is 0 Å². The average Bonchev–Trinajstić information content (AvgIpc) is 2.34. The van der Waals surface area contributed by atoms with Crippen molar-refractivity contribution in [1.29, 1.82) is 0 Å². The quantitative estimate of drug-likeness (QED) is 0.868. The molecule has 0 unspecified atom stereocenters. The van der Waals surface area contributed by atoms with Gasteiger partial charge >= 0.3 is 0 Å². The van der Waals surface area contributed by atoms with Gasteiger partial charge in [-0.05, 0) is 32.0 Å². The Bertz CT molecular complexity index is 440. The van der Waals surface area contributed by atoms with Crippen molar-refractivity contribution < 1.29 is 19.0 Å². The van der Waals surface area contributed by atoms with Gasteiger partial charge < -0.3 is 14.7 Å². The van der Waals surface area contributed by atoms with Crippen molar-refractivity contribution in [1.82, 2.24) is 4.90 Å². The van der Waals surface area contributed by atoms with E-state index in [9.17, 15) is 9.18 Å². The van der Waals surface area contributed by atoms with Crippen molar-refractivity contribution >= 4 is 21.8 Å². The highest BCUT2D eigenvalue weighted by Crippen LogP contribution is 2.21. The number of carbonyl (C=O) groups is 1. The first-order chi connectivity index (χ1) is 8.95. The second kappa shape index (κ2) is 7.45. The van der Waals surface area contributed by atoms with Gasteiger partial charge in [0.25, 0.3) is 5.91 Å². The summed E-state index contributed by atoms with van der Waals surface area (Å²) in [5.74, 6) is -0.781. The van der Waals surface area contributed by atoms with Crippen LogP contribution in [0.25, 0.3) is 0 Å². The summed E-state index contributed by atoms with van der Waals surface area (Å²) < 4.78 is 19.3. The zero-order chi connectivity index (χ0) is 14.4. The van der Waals surface area contributed by atoms with Crippen LogP contribution in [0.3, 0.4) is 0 Å². The summed E-state index contributed by atoms with van der Waals surface area (Å²) in [4.78, 5) is 13.4. The van der Waals surface area contributed by atoms with Crippen molar-refractivity contribution in [3.63, 3.8) is 0 Å². The molecule has 0 fully saturated rings. The number of benzene rings is 1. The fourth-order valence-electron chi connectivity index (χ4n) is 1.59. The Kier molecular flexibility index (Phi) is 6.24. The van der Waals surface area contributed by atoms with E-state index in [1.807, 2.05) is 13.8 Å². The Morgan fingerprint density at radius 3 is 2.74 bits per heavy atom. The Morgan fingerprint density at radius 2 is 2.21 bits per heavy atom. The Balaban J connectivity index is 2.62. The van der Waals surface area contributed by atoms with E-state index < -0.39 is 5.82 Å². The number of carbonyl (C=O) groups excluding carboxylic acids is 1. The van der Waals surface area contributed by atoms with Gasteiger partial charge in [-0.25, -0.2) is 4.39 Å². The van der Waals surface area contributed by atoms with Gasteiger partial charge in [0.1, 0.15) is 0 Å². The van der Waals surface area contributed by atoms with Gasteiger partial charge in [0.05, 0.1) is 6.61 Å². The first kappa shape index (κ1) is 15.9. The maximum absolute atomic E-state index is 13.5. The highest BCUT2D eigenvalue weighted by atomic mass is 79.9. The van der Waals surface area contributed by atoms with Gasteiger partial charge in [-0.15, -0.1) is 0 Å². The summed E-state index contributed by atoms with van der Waals surface area (Å²) in [5.41, 5.74) is 0. The molecule has 0 spiro atoms. The van der Waals surface area contributed by atoms with Crippen molar-refractivity contribution in [3.8, 4) is 5.75 Å². The molecular formula is C13H17BrFNO3. The van der Waals surface area contributed by atoms with Crippen LogP contribution in [0, 0.1) is 5.82 Å². The fourth-order valence-corrected chi connectivity index (χ4v) is 1.93. The smallest absolute Gasteiger partial charge is 0.260 e. The second-order valence-corrected chi connectivity index (χ2v) is 5.18. The zero-order valence-electron chi connectivity index (χ0n) is 10.9. The molecule has 1 aromatic rings. The number of rotatable bonds is 6. The largest absolute Gasteiger partial charge is 0.481 e. The highest BCUT2D eigenvalue weighted by Gasteiger charge is 2.17. The van der Waals surface area contributed by atoms with Gasteiger partial charge in [0.15, 0.2) is 18.2 Å². The third-order valence-electron chi connectivity index (χ3n) is 2.53. The zero-order valence-corrected chi connectivity index (χ0v) is 12.5. The normalized spacial score (nSPS) is 10.6. The van der Waals surface area contributed by atoms with E-state index in [4.69, 9.17) is 9.84 Å². The monoisotopic (exact) mass is 333 g/mol. The van der Waals surface area contributed by atoms with Crippen LogP contribution in [0.15, 0.2) is 22.7 Å². The van der Waals surface area contributed by atoms with Crippen LogP contribution >= 0.6 is 15.9 Å². The first-order valence-corrected chi connectivity index (χ1v) is 6.73. The standard InChI is InChI=1S/C13H17BrFNO3/c1-9(2)16(5-6-17)13(18)8-19-12-4-3-10(14)7-11(12)15/h3-4,7,9,17H,5-6,8H2,1-2H3. The van der Waals surface area contributed by atoms with E-state index in [0.29, 0.717) is 4.47 Å². The van der Waals surface area contributed by atoms with E-state index in [2.05, 4.69) is 15.9 Å². The lowest BCUT2D eigenvalue weighted by molar-refractivity contribution is -0.135. The van der Waals surface area contributed by atoms with Gasteiger partial charge in [-0.2, -0.15) is 0 Å². The number of halogens is 2. The Labute approximate surface area is 120 Å². The topological polar surface area (TPSA) is 49.8 Å². The fraction of sp³-hybridized carbons (Fsp3) is 0.462. The molecule has 4 nitrogen and oxygen atoms in total. The minimum atomic E-state index is -0.527. The van der Waals surface area contributed by atoms with E-state index >= 15 is 0 Å². The number of hydrogen-bond donors (Lipinski definition) is 1. The molecule has 0 aliphatic heterocycles. The lowest BCUT2D eigenvalue weighted by Crippen LogP contribution is -2.41. The molecule has 1 N–H and O–H groups in total. The lowest BCUT2D eigenvalue weighted by Gasteiger charge is -2.25. The Hall–Kier alpha value is -1.14. The van der Waals surface area contributed by atoms with Crippen LogP contribution in [0.4, 0.5) is 4.39 Å². The number of amides is 1. The van der Waals surface area contributed by atoms with E-state index in [1.54, 1.807) is 6.07 Å². The van der Waals surface area contributed by atoms with Crippen LogP contribution in [-0.4, -0.2) is 41.7 Å². The summed E-state index contributed by atoms with van der Waals surface area (Å²) >= 11 is 3.14. The van der Waals surface area contributed by atoms with Crippen molar-refractivity contribution in [2.24, 2.45) is 0 Å². The number of hydrogen-bond acceptors (Lipinski definition) is 3. The van der Waals surface area contributed by atoms with Crippen LogP contribution in [0.2, 0.25) is 0 Å². The van der Waals surface area contributed by atoms with Gasteiger partial charge in [-0.3, -0.25) is 4.79 Å². The van der Waals surface area contributed by atoms with Crippen molar-refractivity contribution in [2.75, 3.05) is 19.8 Å². The average molecular weight is 334 g/mol. The molecule has 0 aromatic heterocycles. The van der Waals surface area contributed by atoms with E-state index in [1.165, 1.54) is 17.0 Å². The molecule has 0 bridgehead atoms. The predicted octanol–water partition coefficient (Wildman–Crippen LogP) is 2.20. The predicted molar refractivity (Wildman–Crippen MR) is 73.5 cm³/mol. The lowest BCUT2D eigenvalue weighted by atomic mass is 10.3. The molecule has 106 valence electrons. The van der Waals surface area contributed by atoms with Crippen LogP contribution < -0.4 is 4.74 Å². The summed E-state index contributed by atoms with van der Waals surface area (Å²) in [6, 6.07) is 4.32. The van der Waals surface area contributed by atoms with Crippen LogP contribution in [0.1, 0.15) is 13.8 Å². The molecule has 0 radical (unpaired) electrons. The molecule has 0 saturated heterocycles. The molecule has 0 saturated carbocycles. The molecule has 1 rings (SSSR count).